The molecular formula is C41H66O13. The highest BCUT2D eigenvalue weighted by molar-refractivity contribution is 5.73. The third-order valence-electron chi connectivity index (χ3n) is 17.1. The van der Waals surface area contributed by atoms with Crippen LogP contribution in [0.3, 0.4) is 0 Å². The molecule has 0 aromatic carbocycles. The van der Waals surface area contributed by atoms with Gasteiger partial charge in [0.2, 0.25) is 0 Å². The second-order valence-corrected chi connectivity index (χ2v) is 20.3. The van der Waals surface area contributed by atoms with Gasteiger partial charge in [0, 0.05) is 10.8 Å². The molecule has 2 saturated heterocycles. The Kier molecular flexibility index (Phi) is 10.4. The maximum Gasteiger partial charge on any atom is 0.335 e. The van der Waals surface area contributed by atoms with Crippen LogP contribution in [0.25, 0.3) is 0 Å². The largest absolute Gasteiger partial charge is 0.479 e. The standard InChI is InChI=1S/C41H66O13/c1-36(2)16-21-20-8-9-24-38(4)12-11-26(39(5,19-43)23(38)10-13-41(24,7)40(20,6)15-14-37(21,3)25(44)17-36)52-35-32(29(47)28(46)31(53-35)33(49)50)54-34-30(48)27(45)22(18-42)51-34/h8,21-32,34-35,42-48H,9-19H2,1-7H3,(H,49,50). The van der Waals surface area contributed by atoms with Crippen molar-refractivity contribution in [2.75, 3.05) is 13.2 Å². The lowest BCUT2D eigenvalue weighted by atomic mass is 9.33. The van der Waals surface area contributed by atoms with E-state index < -0.39 is 79.4 Å². The van der Waals surface area contributed by atoms with Gasteiger partial charge in [0.25, 0.3) is 0 Å². The Balaban J connectivity index is 1.17. The highest BCUT2D eigenvalue weighted by Crippen LogP contribution is 2.76. The van der Waals surface area contributed by atoms with E-state index in [1.807, 2.05) is 6.92 Å². The van der Waals surface area contributed by atoms with Crippen molar-refractivity contribution in [1.82, 2.24) is 0 Å². The average Bonchev–Trinajstić information content (AvgIpc) is 3.37. The minimum atomic E-state index is -1.91. The Morgan fingerprint density at radius 2 is 1.48 bits per heavy atom. The van der Waals surface area contributed by atoms with Crippen molar-refractivity contribution < 1.29 is 64.6 Å². The summed E-state index contributed by atoms with van der Waals surface area (Å²) < 4.78 is 23.8. The molecule has 2 heterocycles. The van der Waals surface area contributed by atoms with E-state index in [-0.39, 0.29) is 45.7 Å². The third kappa shape index (κ3) is 5.84. The number of hydrogen-bond acceptors (Lipinski definition) is 12. The summed E-state index contributed by atoms with van der Waals surface area (Å²) in [5, 5.41) is 85.2. The molecule has 8 N–H and O–H groups in total. The number of aliphatic carboxylic acids is 1. The van der Waals surface area contributed by atoms with E-state index in [1.54, 1.807) is 0 Å². The van der Waals surface area contributed by atoms with Gasteiger partial charge in [0.05, 0.1) is 25.4 Å². The van der Waals surface area contributed by atoms with Gasteiger partial charge >= 0.3 is 5.97 Å². The molecule has 13 nitrogen and oxygen atoms in total. The summed E-state index contributed by atoms with van der Waals surface area (Å²) in [6, 6.07) is 0. The second-order valence-electron chi connectivity index (χ2n) is 20.3. The highest BCUT2D eigenvalue weighted by Gasteiger charge is 2.69. The Hall–Kier alpha value is -1.23. The van der Waals surface area contributed by atoms with Crippen LogP contribution in [0, 0.1) is 50.2 Å². The van der Waals surface area contributed by atoms with Crippen LogP contribution in [-0.4, -0.2) is 128 Å². The van der Waals surface area contributed by atoms with E-state index in [1.165, 1.54) is 5.57 Å². The quantitative estimate of drug-likeness (QED) is 0.138. The number of ether oxygens (including phenoxy) is 4. The Morgan fingerprint density at radius 3 is 2.11 bits per heavy atom. The van der Waals surface area contributed by atoms with E-state index in [0.717, 1.165) is 51.4 Å². The van der Waals surface area contributed by atoms with E-state index >= 15 is 0 Å². The van der Waals surface area contributed by atoms with Gasteiger partial charge in [0.1, 0.15) is 36.6 Å². The number of fused-ring (bicyclic) bond motifs is 7. The smallest absolute Gasteiger partial charge is 0.335 e. The number of rotatable bonds is 7. The van der Waals surface area contributed by atoms with E-state index in [4.69, 9.17) is 18.9 Å². The summed E-state index contributed by atoms with van der Waals surface area (Å²) in [6.45, 7) is 15.4. The average molecular weight is 767 g/mol. The SMILES string of the molecule is CC1(C)CC(O)C2(C)CCC3(C)C(=CCC4C5(C)CCC(OC6OC(C(=O)O)C(O)C(O)C6OC6OC(CO)C(O)C6O)C(C)(CO)C5CCC43C)C2C1. The number of carboxylic acid groups (broad SMARTS) is 1. The number of aliphatic hydroxyl groups is 7. The topological polar surface area (TPSA) is 216 Å². The zero-order valence-corrected chi connectivity index (χ0v) is 33.1. The Bertz CT molecular complexity index is 1470. The van der Waals surface area contributed by atoms with Gasteiger partial charge < -0.3 is 59.8 Å². The predicted octanol–water partition coefficient (Wildman–Crippen LogP) is 2.49. The number of carbonyl (C=O) groups is 1. The molecule has 0 aromatic heterocycles. The molecule has 0 aromatic rings. The molecule has 7 rings (SSSR count). The number of allylic oxidation sites excluding steroid dienone is 2. The van der Waals surface area contributed by atoms with Crippen molar-refractivity contribution >= 4 is 5.97 Å². The normalized spacial score (nSPS) is 55.5. The van der Waals surface area contributed by atoms with E-state index in [9.17, 15) is 45.6 Å². The molecule has 4 saturated carbocycles. The van der Waals surface area contributed by atoms with Gasteiger partial charge in [-0.1, -0.05) is 60.1 Å². The van der Waals surface area contributed by atoms with Gasteiger partial charge in [-0.15, -0.1) is 0 Å². The highest BCUT2D eigenvalue weighted by atomic mass is 16.8. The number of hydrogen-bond donors (Lipinski definition) is 8. The molecule has 0 amide bonds. The maximum atomic E-state index is 12.1. The summed E-state index contributed by atoms with van der Waals surface area (Å²) in [4.78, 5) is 12.1. The molecule has 308 valence electrons. The monoisotopic (exact) mass is 766 g/mol. The fraction of sp³-hybridized carbons (Fsp3) is 0.927. The lowest BCUT2D eigenvalue weighted by Gasteiger charge is -2.72. The molecule has 5 aliphatic carbocycles. The van der Waals surface area contributed by atoms with Crippen molar-refractivity contribution in [3.05, 3.63) is 11.6 Å². The van der Waals surface area contributed by atoms with E-state index in [0.29, 0.717) is 18.3 Å². The van der Waals surface area contributed by atoms with Crippen LogP contribution in [0.15, 0.2) is 11.6 Å². The van der Waals surface area contributed by atoms with Crippen LogP contribution < -0.4 is 0 Å². The van der Waals surface area contributed by atoms with Gasteiger partial charge in [-0.3, -0.25) is 0 Å². The molecule has 6 fully saturated rings. The first kappa shape index (κ1) is 40.9. The van der Waals surface area contributed by atoms with Crippen molar-refractivity contribution in [2.45, 2.75) is 174 Å². The zero-order chi connectivity index (χ0) is 39.6. The molecule has 2 aliphatic heterocycles. The molecule has 13 heteroatoms. The second kappa shape index (κ2) is 13.7. The van der Waals surface area contributed by atoms with Crippen molar-refractivity contribution in [2.24, 2.45) is 50.2 Å². The van der Waals surface area contributed by atoms with Gasteiger partial charge in [-0.2, -0.15) is 0 Å². The molecule has 0 radical (unpaired) electrons. The summed E-state index contributed by atoms with van der Waals surface area (Å²) in [6.07, 6.45) is -5.08. The molecule has 0 bridgehead atoms. The van der Waals surface area contributed by atoms with Crippen molar-refractivity contribution in [3.63, 3.8) is 0 Å². The van der Waals surface area contributed by atoms with Crippen molar-refractivity contribution in [3.8, 4) is 0 Å². The van der Waals surface area contributed by atoms with Crippen LogP contribution >= 0.6 is 0 Å². The van der Waals surface area contributed by atoms with Gasteiger partial charge in [-0.05, 0) is 97.2 Å². The van der Waals surface area contributed by atoms with E-state index in [2.05, 4.69) is 47.6 Å². The minimum Gasteiger partial charge on any atom is -0.479 e. The molecule has 7 aliphatic rings. The first-order chi connectivity index (χ1) is 25.1. The van der Waals surface area contributed by atoms with Crippen molar-refractivity contribution in [1.29, 1.82) is 0 Å². The van der Waals surface area contributed by atoms with Crippen LogP contribution in [0.1, 0.15) is 106 Å². The number of aliphatic hydroxyl groups excluding tert-OH is 7. The minimum absolute atomic E-state index is 0.0141. The summed E-state index contributed by atoms with van der Waals surface area (Å²) >= 11 is 0. The Morgan fingerprint density at radius 1 is 0.778 bits per heavy atom. The fourth-order valence-electron chi connectivity index (χ4n) is 13.5. The third-order valence-corrected chi connectivity index (χ3v) is 17.1. The molecule has 19 unspecified atom stereocenters. The lowest BCUT2D eigenvalue weighted by molar-refractivity contribution is -0.353. The predicted molar refractivity (Wildman–Crippen MR) is 193 cm³/mol. The fourth-order valence-corrected chi connectivity index (χ4v) is 13.5. The van der Waals surface area contributed by atoms with Crippen LogP contribution in [0.2, 0.25) is 0 Å². The van der Waals surface area contributed by atoms with Crippen LogP contribution in [0.5, 0.6) is 0 Å². The first-order valence-electron chi connectivity index (χ1n) is 20.3. The van der Waals surface area contributed by atoms with Gasteiger partial charge in [-0.25, -0.2) is 4.79 Å². The molecular weight excluding hydrogens is 700 g/mol. The summed E-state index contributed by atoms with van der Waals surface area (Å²) in [5.41, 5.74) is 0.420. The van der Waals surface area contributed by atoms with Crippen LogP contribution in [-0.2, 0) is 23.7 Å². The maximum absolute atomic E-state index is 12.1. The number of carboxylic acids is 1. The summed E-state index contributed by atoms with van der Waals surface area (Å²) in [5.74, 6) is -0.851. The molecule has 19 atom stereocenters. The molecule has 54 heavy (non-hydrogen) atoms. The Labute approximate surface area is 319 Å². The van der Waals surface area contributed by atoms with Gasteiger partial charge in [0.15, 0.2) is 18.7 Å². The van der Waals surface area contributed by atoms with Crippen LogP contribution in [0.4, 0.5) is 0 Å². The first-order valence-corrected chi connectivity index (χ1v) is 20.3. The molecule has 0 spiro atoms. The summed E-state index contributed by atoms with van der Waals surface area (Å²) in [7, 11) is 0. The zero-order valence-electron chi connectivity index (χ0n) is 33.1. The lowest BCUT2D eigenvalue weighted by Crippen LogP contribution is -2.67.